The van der Waals surface area contributed by atoms with Crippen LogP contribution in [0.5, 0.6) is 0 Å². The van der Waals surface area contributed by atoms with Gasteiger partial charge in [-0.2, -0.15) is 12.7 Å². The number of amides is 1. The van der Waals surface area contributed by atoms with Crippen molar-refractivity contribution in [2.24, 2.45) is 16.8 Å². The van der Waals surface area contributed by atoms with Crippen molar-refractivity contribution in [1.82, 2.24) is 9.62 Å². The first kappa shape index (κ1) is 19.9. The van der Waals surface area contributed by atoms with Crippen LogP contribution >= 0.6 is 12.4 Å². The lowest BCUT2D eigenvalue weighted by Gasteiger charge is -2.29. The number of hydrogen-bond acceptors (Lipinski definition) is 4. The van der Waals surface area contributed by atoms with Crippen LogP contribution in [0.4, 0.5) is 0 Å². The monoisotopic (exact) mass is 362 g/mol. The highest BCUT2D eigenvalue weighted by Crippen LogP contribution is 2.18. The van der Waals surface area contributed by atoms with E-state index >= 15 is 0 Å². The first-order valence-corrected chi connectivity index (χ1v) is 8.74. The molecule has 5 N–H and O–H groups in total. The Morgan fingerprint density at radius 3 is 2.35 bits per heavy atom. The molecule has 0 aromatic heterocycles. The predicted molar refractivity (Wildman–Crippen MR) is 91.0 cm³/mol. The number of halogens is 1. The maximum Gasteiger partial charge on any atom is 0.276 e. The summed E-state index contributed by atoms with van der Waals surface area (Å²) in [6.45, 7) is 0.918. The minimum Gasteiger partial charge on any atom is -0.354 e. The van der Waals surface area contributed by atoms with E-state index in [1.165, 1.54) is 4.31 Å². The Hall–Kier alpha value is -1.19. The lowest BCUT2D eigenvalue weighted by atomic mass is 9.97. The van der Waals surface area contributed by atoms with Gasteiger partial charge in [-0.1, -0.05) is 30.3 Å². The van der Waals surface area contributed by atoms with Crippen LogP contribution in [0.15, 0.2) is 30.3 Å². The lowest BCUT2D eigenvalue weighted by molar-refractivity contribution is -0.126. The summed E-state index contributed by atoms with van der Waals surface area (Å²) in [5.41, 5.74) is 7.00. The minimum absolute atomic E-state index is 0. The van der Waals surface area contributed by atoms with E-state index < -0.39 is 10.2 Å². The van der Waals surface area contributed by atoms with E-state index in [0.29, 0.717) is 19.4 Å². The molecule has 0 saturated carbocycles. The van der Waals surface area contributed by atoms with Gasteiger partial charge in [-0.25, -0.2) is 5.14 Å². The van der Waals surface area contributed by atoms with Crippen molar-refractivity contribution < 1.29 is 13.2 Å². The Morgan fingerprint density at radius 1 is 1.26 bits per heavy atom. The third-order valence-electron chi connectivity index (χ3n) is 3.91. The van der Waals surface area contributed by atoms with Crippen LogP contribution in [0, 0.1) is 5.92 Å². The zero-order valence-corrected chi connectivity index (χ0v) is 14.4. The molecular weight excluding hydrogens is 340 g/mol. The van der Waals surface area contributed by atoms with Crippen molar-refractivity contribution in [3.8, 4) is 0 Å². The smallest absolute Gasteiger partial charge is 0.276 e. The molecule has 1 heterocycles. The van der Waals surface area contributed by atoms with Gasteiger partial charge in [0.25, 0.3) is 10.2 Å². The molecule has 0 spiro atoms. The Morgan fingerprint density at radius 2 is 1.83 bits per heavy atom. The van der Waals surface area contributed by atoms with Crippen LogP contribution in [0.25, 0.3) is 0 Å². The summed E-state index contributed by atoms with van der Waals surface area (Å²) >= 11 is 0. The third-order valence-corrected chi connectivity index (χ3v) is 4.99. The highest BCUT2D eigenvalue weighted by atomic mass is 35.5. The van der Waals surface area contributed by atoms with E-state index in [-0.39, 0.29) is 43.4 Å². The number of carbonyl (C=O) groups is 1. The highest BCUT2D eigenvalue weighted by molar-refractivity contribution is 7.86. The summed E-state index contributed by atoms with van der Waals surface area (Å²) in [5, 5.41) is 7.92. The first-order chi connectivity index (χ1) is 10.4. The Bertz CT molecular complexity index is 604. The van der Waals surface area contributed by atoms with Gasteiger partial charge in [0.2, 0.25) is 5.91 Å². The second-order valence-corrected chi connectivity index (χ2v) is 7.03. The molecule has 1 aliphatic rings. The normalized spacial score (nSPS) is 18.0. The van der Waals surface area contributed by atoms with Gasteiger partial charge >= 0.3 is 0 Å². The molecule has 0 aliphatic carbocycles. The number of benzene rings is 1. The minimum atomic E-state index is -3.66. The number of nitrogens with two attached hydrogens (primary N) is 2. The summed E-state index contributed by atoms with van der Waals surface area (Å²) in [4.78, 5) is 12.1. The fraction of sp³-hybridized carbons (Fsp3) is 0.500. The van der Waals surface area contributed by atoms with Gasteiger partial charge in [0, 0.05) is 31.6 Å². The molecule has 0 radical (unpaired) electrons. The number of nitrogens with one attached hydrogen (secondary N) is 1. The van der Waals surface area contributed by atoms with Crippen molar-refractivity contribution in [3.05, 3.63) is 35.9 Å². The molecule has 0 bridgehead atoms. The van der Waals surface area contributed by atoms with Crippen LogP contribution < -0.4 is 16.2 Å². The van der Waals surface area contributed by atoms with Gasteiger partial charge in [-0.15, -0.1) is 12.4 Å². The number of piperidine rings is 1. The number of rotatable bonds is 5. The van der Waals surface area contributed by atoms with Gasteiger partial charge in [-0.05, 0) is 18.4 Å². The molecule has 23 heavy (non-hydrogen) atoms. The zero-order valence-electron chi connectivity index (χ0n) is 12.7. The lowest BCUT2D eigenvalue weighted by Crippen LogP contribution is -2.46. The molecule has 1 unspecified atom stereocenters. The zero-order chi connectivity index (χ0) is 16.2. The van der Waals surface area contributed by atoms with Gasteiger partial charge in [0.05, 0.1) is 0 Å². The van der Waals surface area contributed by atoms with E-state index in [9.17, 15) is 13.2 Å². The molecule has 9 heteroatoms. The van der Waals surface area contributed by atoms with Crippen molar-refractivity contribution in [2.75, 3.05) is 19.6 Å². The number of carbonyl (C=O) groups excluding carboxylic acids is 1. The topological polar surface area (TPSA) is 119 Å². The van der Waals surface area contributed by atoms with Crippen molar-refractivity contribution in [2.45, 2.75) is 18.9 Å². The molecule has 1 aromatic carbocycles. The van der Waals surface area contributed by atoms with Gasteiger partial charge < -0.3 is 11.1 Å². The third kappa shape index (κ3) is 5.74. The molecule has 1 aromatic rings. The fourth-order valence-corrected chi connectivity index (χ4v) is 3.27. The maximum absolute atomic E-state index is 12.1. The van der Waals surface area contributed by atoms with Crippen LogP contribution in [-0.4, -0.2) is 38.3 Å². The number of hydrogen-bond donors (Lipinski definition) is 3. The summed E-state index contributed by atoms with van der Waals surface area (Å²) in [6.07, 6.45) is 0.950. The second kappa shape index (κ2) is 8.60. The van der Waals surface area contributed by atoms with Crippen molar-refractivity contribution in [3.63, 3.8) is 0 Å². The van der Waals surface area contributed by atoms with E-state index in [1.54, 1.807) is 0 Å². The number of nitrogens with zero attached hydrogens (tertiary/aromatic N) is 1. The van der Waals surface area contributed by atoms with Crippen LogP contribution in [0.3, 0.4) is 0 Å². The maximum atomic E-state index is 12.1. The SMILES string of the molecule is Cl.NC(CNC(=O)C1CCN(S(N)(=O)=O)CC1)c1ccccc1. The quantitative estimate of drug-likeness (QED) is 0.690. The molecule has 1 atom stereocenters. The Labute approximate surface area is 143 Å². The Kier molecular flexibility index (Phi) is 7.43. The molecular formula is C14H23ClN4O3S. The summed E-state index contributed by atoms with van der Waals surface area (Å²) in [5.74, 6) is -0.276. The standard InChI is InChI=1S/C14H22N4O3S.ClH/c15-13(11-4-2-1-3-5-11)10-17-14(19)12-6-8-18(9-7-12)22(16,20)21;/h1-5,12-13H,6-10,15H2,(H,17,19)(H2,16,20,21);1H. The van der Waals surface area contributed by atoms with Crippen LogP contribution in [0.1, 0.15) is 24.4 Å². The summed E-state index contributed by atoms with van der Waals surface area (Å²) in [7, 11) is -3.66. The predicted octanol–water partition coefficient (Wildman–Crippen LogP) is 0.140. The average molecular weight is 363 g/mol. The molecule has 7 nitrogen and oxygen atoms in total. The highest BCUT2D eigenvalue weighted by Gasteiger charge is 2.29. The summed E-state index contributed by atoms with van der Waals surface area (Å²) in [6, 6.07) is 9.30. The molecule has 1 saturated heterocycles. The molecule has 2 rings (SSSR count). The second-order valence-electron chi connectivity index (χ2n) is 5.48. The van der Waals surface area contributed by atoms with Crippen molar-refractivity contribution >= 4 is 28.5 Å². The largest absolute Gasteiger partial charge is 0.354 e. The van der Waals surface area contributed by atoms with E-state index in [1.807, 2.05) is 30.3 Å². The van der Waals surface area contributed by atoms with E-state index in [2.05, 4.69) is 5.32 Å². The van der Waals surface area contributed by atoms with E-state index in [4.69, 9.17) is 10.9 Å². The van der Waals surface area contributed by atoms with Crippen LogP contribution in [0.2, 0.25) is 0 Å². The fourth-order valence-electron chi connectivity index (χ4n) is 2.55. The average Bonchev–Trinajstić information content (AvgIpc) is 2.52. The Balaban J connectivity index is 0.00000264. The molecule has 1 amide bonds. The van der Waals surface area contributed by atoms with Gasteiger partial charge in [0.1, 0.15) is 0 Å². The molecule has 130 valence electrons. The van der Waals surface area contributed by atoms with Gasteiger partial charge in [-0.3, -0.25) is 4.79 Å². The van der Waals surface area contributed by atoms with Crippen LogP contribution in [-0.2, 0) is 15.0 Å². The summed E-state index contributed by atoms with van der Waals surface area (Å²) < 4.78 is 23.6. The first-order valence-electron chi connectivity index (χ1n) is 7.24. The molecule has 1 aliphatic heterocycles. The molecule has 1 fully saturated rings. The van der Waals surface area contributed by atoms with E-state index in [0.717, 1.165) is 5.56 Å². The van der Waals surface area contributed by atoms with Crippen molar-refractivity contribution in [1.29, 1.82) is 0 Å². The van der Waals surface area contributed by atoms with Gasteiger partial charge in [0.15, 0.2) is 0 Å².